The van der Waals surface area contributed by atoms with E-state index in [1.807, 2.05) is 12.1 Å². The summed E-state index contributed by atoms with van der Waals surface area (Å²) in [5.74, 6) is -0.0478. The molecule has 0 spiro atoms. The highest BCUT2D eigenvalue weighted by atomic mass is 35.5. The van der Waals surface area contributed by atoms with E-state index in [0.717, 1.165) is 18.7 Å². The molecule has 26 heavy (non-hydrogen) atoms. The van der Waals surface area contributed by atoms with Gasteiger partial charge in [0.25, 0.3) is 0 Å². The van der Waals surface area contributed by atoms with Crippen LogP contribution in [0.5, 0.6) is 0 Å². The lowest BCUT2D eigenvalue weighted by atomic mass is 9.96. The van der Waals surface area contributed by atoms with Crippen molar-refractivity contribution < 1.29 is 19.4 Å². The molecule has 6 nitrogen and oxygen atoms in total. The Kier molecular flexibility index (Phi) is 8.41. The summed E-state index contributed by atoms with van der Waals surface area (Å²) >= 11 is 12.1. The maximum absolute atomic E-state index is 11.9. The van der Waals surface area contributed by atoms with Crippen molar-refractivity contribution in [3.63, 3.8) is 0 Å². The maximum atomic E-state index is 11.9. The molecule has 2 saturated heterocycles. The Morgan fingerprint density at radius 3 is 2.81 bits per heavy atom. The number of hydrogen-bond donors (Lipinski definition) is 2. The lowest BCUT2D eigenvalue weighted by Crippen LogP contribution is -2.54. The molecule has 2 atom stereocenters. The first-order valence-electron chi connectivity index (χ1n) is 8.35. The topological polar surface area (TPSA) is 71.0 Å². The molecule has 0 unspecified atom stereocenters. The number of aliphatic hydroxyl groups is 1. The zero-order chi connectivity index (χ0) is 17.8. The molecule has 146 valence electrons. The van der Waals surface area contributed by atoms with Gasteiger partial charge in [-0.15, -0.1) is 12.4 Å². The van der Waals surface area contributed by atoms with Crippen molar-refractivity contribution in [1.29, 1.82) is 0 Å². The van der Waals surface area contributed by atoms with Gasteiger partial charge in [0.05, 0.1) is 35.5 Å². The van der Waals surface area contributed by atoms with Crippen LogP contribution in [0.4, 0.5) is 0 Å². The van der Waals surface area contributed by atoms with Gasteiger partial charge in [-0.25, -0.2) is 0 Å². The normalized spacial score (nSPS) is 23.7. The van der Waals surface area contributed by atoms with Crippen LogP contribution in [0, 0.1) is 5.92 Å². The van der Waals surface area contributed by atoms with Gasteiger partial charge in [-0.3, -0.25) is 4.79 Å². The quantitative estimate of drug-likeness (QED) is 0.754. The molecule has 2 aliphatic rings. The minimum Gasteiger partial charge on any atom is -0.389 e. The Hall–Kier alpha value is -0.600. The largest absolute Gasteiger partial charge is 0.389 e. The number of benzene rings is 1. The van der Waals surface area contributed by atoms with Gasteiger partial charge in [0.15, 0.2) is 0 Å². The summed E-state index contributed by atoms with van der Waals surface area (Å²) in [7, 11) is 0. The third kappa shape index (κ3) is 5.45. The van der Waals surface area contributed by atoms with Crippen molar-refractivity contribution in [2.24, 2.45) is 5.92 Å². The lowest BCUT2D eigenvalue weighted by Gasteiger charge is -2.35. The third-order valence-electron chi connectivity index (χ3n) is 4.46. The van der Waals surface area contributed by atoms with Crippen LogP contribution in [-0.4, -0.2) is 68.0 Å². The molecule has 2 N–H and O–H groups in total. The summed E-state index contributed by atoms with van der Waals surface area (Å²) in [5.41, 5.74) is 0.948. The van der Waals surface area contributed by atoms with E-state index in [-0.39, 0.29) is 36.9 Å². The average Bonchev–Trinajstić information content (AvgIpc) is 2.80. The van der Waals surface area contributed by atoms with Crippen LogP contribution >= 0.6 is 35.6 Å². The van der Waals surface area contributed by atoms with E-state index < -0.39 is 6.10 Å². The molecule has 3 rings (SSSR count). The molecule has 2 aliphatic heterocycles. The van der Waals surface area contributed by atoms with Crippen LogP contribution in [0.2, 0.25) is 10.0 Å². The molecule has 1 amide bonds. The second-order valence-corrected chi connectivity index (χ2v) is 7.21. The van der Waals surface area contributed by atoms with Gasteiger partial charge in [-0.2, -0.15) is 0 Å². The predicted molar refractivity (Wildman–Crippen MR) is 102 cm³/mol. The van der Waals surface area contributed by atoms with Crippen molar-refractivity contribution in [3.8, 4) is 0 Å². The molecule has 0 saturated carbocycles. The summed E-state index contributed by atoms with van der Waals surface area (Å²) in [6.07, 6.45) is -0.576. The average molecular weight is 426 g/mol. The number of aliphatic hydroxyl groups excluding tert-OH is 1. The number of carbonyl (C=O) groups is 1. The van der Waals surface area contributed by atoms with Gasteiger partial charge in [0.2, 0.25) is 5.91 Å². The number of likely N-dealkylation sites (tertiary alicyclic amines) is 1. The van der Waals surface area contributed by atoms with Gasteiger partial charge in [-0.05, 0) is 17.7 Å². The van der Waals surface area contributed by atoms with Crippen LogP contribution in [0.3, 0.4) is 0 Å². The fourth-order valence-corrected chi connectivity index (χ4v) is 3.35. The van der Waals surface area contributed by atoms with Crippen LogP contribution in [-0.2, 0) is 14.3 Å². The van der Waals surface area contributed by atoms with Crippen molar-refractivity contribution in [3.05, 3.63) is 33.8 Å². The van der Waals surface area contributed by atoms with Crippen molar-refractivity contribution >= 4 is 41.5 Å². The predicted octanol–water partition coefficient (Wildman–Crippen LogP) is 1.91. The second-order valence-electron chi connectivity index (χ2n) is 6.40. The van der Waals surface area contributed by atoms with E-state index in [4.69, 9.17) is 32.7 Å². The minimum absolute atomic E-state index is 0. The van der Waals surface area contributed by atoms with Gasteiger partial charge in [-0.1, -0.05) is 29.3 Å². The van der Waals surface area contributed by atoms with E-state index in [0.29, 0.717) is 36.3 Å². The van der Waals surface area contributed by atoms with Crippen LogP contribution in [0.1, 0.15) is 11.7 Å². The highest BCUT2D eigenvalue weighted by molar-refractivity contribution is 6.42. The lowest BCUT2D eigenvalue weighted by molar-refractivity contribution is -0.147. The second kappa shape index (κ2) is 10.1. The number of ether oxygens (including phenoxy) is 2. The molecule has 2 heterocycles. The van der Waals surface area contributed by atoms with Crippen molar-refractivity contribution in [2.75, 3.05) is 46.0 Å². The van der Waals surface area contributed by atoms with Gasteiger partial charge >= 0.3 is 0 Å². The monoisotopic (exact) mass is 424 g/mol. The van der Waals surface area contributed by atoms with E-state index in [1.165, 1.54) is 0 Å². The first-order chi connectivity index (χ1) is 12.0. The summed E-state index contributed by atoms with van der Waals surface area (Å²) in [6.45, 7) is 3.26. The highest BCUT2D eigenvalue weighted by Gasteiger charge is 2.30. The molecule has 0 bridgehead atoms. The van der Waals surface area contributed by atoms with Crippen molar-refractivity contribution in [2.45, 2.75) is 12.2 Å². The number of hydrogen-bond acceptors (Lipinski definition) is 5. The fraction of sp³-hybridized carbons (Fsp3) is 0.588. The smallest absolute Gasteiger partial charge is 0.248 e. The molecule has 2 fully saturated rings. The number of halogens is 3. The van der Waals surface area contributed by atoms with E-state index in [9.17, 15) is 9.90 Å². The number of carbonyl (C=O) groups excluding carboxylic acids is 1. The Bertz CT molecular complexity index is 614. The van der Waals surface area contributed by atoms with Crippen LogP contribution < -0.4 is 5.32 Å². The van der Waals surface area contributed by atoms with Gasteiger partial charge in [0.1, 0.15) is 6.61 Å². The molecule has 0 aromatic heterocycles. The number of β-amino-alcohol motifs (C(OH)–C–C–N with tert-alkyl or cyclic N) is 1. The summed E-state index contributed by atoms with van der Waals surface area (Å²) in [6, 6.07) is 5.49. The maximum Gasteiger partial charge on any atom is 0.248 e. The number of rotatable bonds is 5. The zero-order valence-electron chi connectivity index (χ0n) is 14.2. The van der Waals surface area contributed by atoms with Gasteiger partial charge < -0.3 is 24.8 Å². The molecule has 9 heteroatoms. The number of amides is 1. The van der Waals surface area contributed by atoms with Crippen LogP contribution in [0.25, 0.3) is 0 Å². The van der Waals surface area contributed by atoms with E-state index in [2.05, 4.69) is 5.32 Å². The first-order valence-corrected chi connectivity index (χ1v) is 9.11. The SMILES string of the molecule is Cl.O=C(COC[C@H]1CNCCO[C@H]1c1ccc(Cl)c(Cl)c1)N1CC(O)C1. The Morgan fingerprint density at radius 1 is 1.35 bits per heavy atom. The number of nitrogens with zero attached hydrogens (tertiary/aromatic N) is 1. The Balaban J connectivity index is 0.00000243. The van der Waals surface area contributed by atoms with E-state index in [1.54, 1.807) is 11.0 Å². The van der Waals surface area contributed by atoms with Crippen molar-refractivity contribution in [1.82, 2.24) is 10.2 Å². The fourth-order valence-electron chi connectivity index (χ4n) is 3.04. The number of nitrogens with one attached hydrogen (secondary N) is 1. The van der Waals surface area contributed by atoms with E-state index >= 15 is 0 Å². The summed E-state index contributed by atoms with van der Waals surface area (Å²) in [4.78, 5) is 13.5. The highest BCUT2D eigenvalue weighted by Crippen LogP contribution is 2.32. The van der Waals surface area contributed by atoms with Gasteiger partial charge in [0, 0.05) is 32.1 Å². The third-order valence-corrected chi connectivity index (χ3v) is 5.19. The molecular formula is C17H23Cl3N2O4. The molecule has 1 aromatic rings. The minimum atomic E-state index is -0.401. The molecular weight excluding hydrogens is 403 g/mol. The Labute approximate surface area is 169 Å². The Morgan fingerprint density at radius 2 is 2.12 bits per heavy atom. The van der Waals surface area contributed by atoms with Crippen LogP contribution in [0.15, 0.2) is 18.2 Å². The molecule has 1 aromatic carbocycles. The summed E-state index contributed by atoms with van der Waals surface area (Å²) in [5, 5.41) is 13.6. The zero-order valence-corrected chi connectivity index (χ0v) is 16.5. The molecule has 0 radical (unpaired) electrons. The standard InChI is InChI=1S/C17H22Cl2N2O4.ClH/c18-14-2-1-11(5-15(14)19)17-12(6-20-3-4-25-17)9-24-10-16(23)21-7-13(22)8-21;/h1-2,5,12-13,17,20,22H,3-4,6-10H2;1H/t12-,17+;/m1./s1. The molecule has 0 aliphatic carbocycles. The summed E-state index contributed by atoms with van der Waals surface area (Å²) < 4.78 is 11.6. The first kappa shape index (κ1) is 21.7.